The van der Waals surface area contributed by atoms with E-state index in [1.807, 2.05) is 24.3 Å². The first-order chi connectivity index (χ1) is 12.0. The summed E-state index contributed by atoms with van der Waals surface area (Å²) in [6.07, 6.45) is -0.825. The molecule has 1 aliphatic rings. The van der Waals surface area contributed by atoms with Crippen LogP contribution in [0.3, 0.4) is 0 Å². The Balaban J connectivity index is 1.55. The van der Waals surface area contributed by atoms with Crippen molar-refractivity contribution in [2.75, 3.05) is 18.1 Å². The number of carboxylic acids is 1. The number of carbonyl (C=O) groups excluding carboxylic acids is 1. The molecule has 2 heterocycles. The van der Waals surface area contributed by atoms with E-state index in [2.05, 4.69) is 0 Å². The van der Waals surface area contributed by atoms with Crippen LogP contribution < -0.4 is 15.4 Å². The van der Waals surface area contributed by atoms with Gasteiger partial charge in [-0.15, -0.1) is 11.3 Å². The average molecular weight is 362 g/mol. The topological polar surface area (TPSA) is 102 Å². The lowest BCUT2D eigenvalue weighted by atomic mass is 10.2. The molecule has 1 aromatic heterocycles. The van der Waals surface area contributed by atoms with E-state index < -0.39 is 12.1 Å². The molecule has 1 fully saturated rings. The molecule has 132 valence electrons. The maximum atomic E-state index is 12.0. The van der Waals surface area contributed by atoms with Gasteiger partial charge in [0.25, 0.3) is 0 Å². The summed E-state index contributed by atoms with van der Waals surface area (Å²) in [7, 11) is 0. The summed E-state index contributed by atoms with van der Waals surface area (Å²) in [6.45, 7) is 1.06. The van der Waals surface area contributed by atoms with E-state index in [0.717, 1.165) is 11.3 Å². The van der Waals surface area contributed by atoms with Gasteiger partial charge in [-0.1, -0.05) is 12.1 Å². The Morgan fingerprint density at radius 2 is 2.16 bits per heavy atom. The molecule has 0 radical (unpaired) electrons. The van der Waals surface area contributed by atoms with Crippen molar-refractivity contribution in [3.05, 3.63) is 46.2 Å². The number of carboxylic acid groups (broad SMARTS) is 1. The maximum Gasteiger partial charge on any atom is 0.414 e. The van der Waals surface area contributed by atoms with E-state index in [9.17, 15) is 9.59 Å². The number of aliphatic carboxylic acids is 1. The van der Waals surface area contributed by atoms with Gasteiger partial charge in [0.15, 0.2) is 6.10 Å². The second kappa shape index (κ2) is 7.54. The zero-order valence-corrected chi connectivity index (χ0v) is 14.2. The quantitative estimate of drug-likeness (QED) is 0.783. The Labute approximate surface area is 148 Å². The first-order valence-electron chi connectivity index (χ1n) is 7.74. The Morgan fingerprint density at radius 1 is 1.40 bits per heavy atom. The Bertz CT molecular complexity index is 759. The van der Waals surface area contributed by atoms with Crippen LogP contribution in [0.15, 0.2) is 35.7 Å². The van der Waals surface area contributed by atoms with Gasteiger partial charge in [-0.3, -0.25) is 9.69 Å². The van der Waals surface area contributed by atoms with Crippen LogP contribution in [-0.4, -0.2) is 36.4 Å². The molecule has 8 heteroatoms. The van der Waals surface area contributed by atoms with Gasteiger partial charge < -0.3 is 20.3 Å². The van der Waals surface area contributed by atoms with Crippen LogP contribution in [0.25, 0.3) is 0 Å². The first-order valence-corrected chi connectivity index (χ1v) is 8.62. The molecule has 7 nitrogen and oxygen atoms in total. The Hall–Kier alpha value is -2.58. The molecule has 0 saturated carbocycles. The molecule has 0 spiro atoms. The fourth-order valence-electron chi connectivity index (χ4n) is 2.50. The number of cyclic esters (lactones) is 1. The van der Waals surface area contributed by atoms with Crippen LogP contribution in [0, 0.1) is 0 Å². The number of carbonyl (C=O) groups is 2. The van der Waals surface area contributed by atoms with Crippen molar-refractivity contribution < 1.29 is 24.2 Å². The van der Waals surface area contributed by atoms with E-state index in [1.165, 1.54) is 11.3 Å². The van der Waals surface area contributed by atoms with Crippen molar-refractivity contribution in [3.63, 3.8) is 0 Å². The van der Waals surface area contributed by atoms with Gasteiger partial charge in [0.05, 0.1) is 13.0 Å². The van der Waals surface area contributed by atoms with Gasteiger partial charge in [-0.2, -0.15) is 0 Å². The predicted molar refractivity (Wildman–Crippen MR) is 93.1 cm³/mol. The highest BCUT2D eigenvalue weighted by atomic mass is 32.1. The van der Waals surface area contributed by atoms with E-state index in [-0.39, 0.29) is 19.1 Å². The number of ether oxygens (including phenoxy) is 2. The number of amides is 1. The van der Waals surface area contributed by atoms with Gasteiger partial charge >= 0.3 is 12.1 Å². The maximum absolute atomic E-state index is 12.0. The lowest BCUT2D eigenvalue weighted by Crippen LogP contribution is -2.26. The Kier molecular flexibility index (Phi) is 5.20. The van der Waals surface area contributed by atoms with E-state index in [0.29, 0.717) is 23.7 Å². The summed E-state index contributed by atoms with van der Waals surface area (Å²) in [5.41, 5.74) is 7.32. The predicted octanol–water partition coefficient (Wildman–Crippen LogP) is 2.24. The summed E-state index contributed by atoms with van der Waals surface area (Å²) in [5, 5.41) is 10.5. The van der Waals surface area contributed by atoms with E-state index in [4.69, 9.17) is 20.3 Å². The number of hydrogen-bond acceptors (Lipinski definition) is 6. The van der Waals surface area contributed by atoms with Crippen molar-refractivity contribution >= 4 is 29.1 Å². The number of anilines is 1. The summed E-state index contributed by atoms with van der Waals surface area (Å²) in [4.78, 5) is 25.0. The molecule has 2 aromatic rings. The first kappa shape index (κ1) is 17.2. The molecule has 1 atom stereocenters. The van der Waals surface area contributed by atoms with Crippen LogP contribution in [0.5, 0.6) is 5.75 Å². The van der Waals surface area contributed by atoms with Crippen molar-refractivity contribution in [3.8, 4) is 5.75 Å². The van der Waals surface area contributed by atoms with E-state index in [1.54, 1.807) is 16.3 Å². The molecule has 3 rings (SSSR count). The molecule has 25 heavy (non-hydrogen) atoms. The SMILES string of the molecule is NCc1ccc(N2CC(COc3csc(CC(=O)O)c3)OC2=O)cc1. The monoisotopic (exact) mass is 362 g/mol. The van der Waals surface area contributed by atoms with Crippen molar-refractivity contribution in [1.29, 1.82) is 0 Å². The molecule has 1 unspecified atom stereocenters. The van der Waals surface area contributed by atoms with Crippen molar-refractivity contribution in [1.82, 2.24) is 0 Å². The third-order valence-electron chi connectivity index (χ3n) is 3.75. The van der Waals surface area contributed by atoms with Gasteiger partial charge in [0.2, 0.25) is 0 Å². The van der Waals surface area contributed by atoms with Crippen molar-refractivity contribution in [2.24, 2.45) is 5.73 Å². The summed E-state index contributed by atoms with van der Waals surface area (Å²) < 4.78 is 10.9. The number of benzene rings is 1. The van der Waals surface area contributed by atoms with Gasteiger partial charge in [-0.25, -0.2) is 4.79 Å². The molecule has 0 aliphatic carbocycles. The largest absolute Gasteiger partial charge is 0.489 e. The highest BCUT2D eigenvalue weighted by molar-refractivity contribution is 7.10. The molecule has 1 aromatic carbocycles. The Morgan fingerprint density at radius 3 is 2.84 bits per heavy atom. The molecule has 1 amide bonds. The van der Waals surface area contributed by atoms with Crippen LogP contribution >= 0.6 is 11.3 Å². The van der Waals surface area contributed by atoms with Gasteiger partial charge in [-0.05, 0) is 23.8 Å². The molecule has 0 bridgehead atoms. The number of hydrogen-bond donors (Lipinski definition) is 2. The van der Waals surface area contributed by atoms with Crippen LogP contribution in [0.4, 0.5) is 10.5 Å². The standard InChI is InChI=1S/C17H18N2O5S/c18-7-11-1-3-12(4-2-11)19-8-14(24-17(19)22)9-23-13-5-15(25-10-13)6-16(20)21/h1-5,10,14H,6-9,18H2,(H,20,21). The fraction of sp³-hybridized carbons (Fsp3) is 0.294. The number of nitrogens with two attached hydrogens (primary N) is 1. The minimum absolute atomic E-state index is 0.0288. The normalized spacial score (nSPS) is 16.8. The van der Waals surface area contributed by atoms with Crippen LogP contribution in [0.2, 0.25) is 0 Å². The number of rotatable bonds is 7. The van der Waals surface area contributed by atoms with E-state index >= 15 is 0 Å². The summed E-state index contributed by atoms with van der Waals surface area (Å²) in [6, 6.07) is 9.12. The highest BCUT2D eigenvalue weighted by Gasteiger charge is 2.32. The fourth-order valence-corrected chi connectivity index (χ4v) is 3.29. The highest BCUT2D eigenvalue weighted by Crippen LogP contribution is 2.25. The zero-order chi connectivity index (χ0) is 17.8. The molecule has 3 N–H and O–H groups in total. The molecule has 1 saturated heterocycles. The van der Waals surface area contributed by atoms with Crippen LogP contribution in [-0.2, 0) is 22.5 Å². The molecular weight excluding hydrogens is 344 g/mol. The lowest BCUT2D eigenvalue weighted by molar-refractivity contribution is -0.136. The van der Waals surface area contributed by atoms with Gasteiger partial charge in [0.1, 0.15) is 12.4 Å². The smallest absolute Gasteiger partial charge is 0.414 e. The van der Waals surface area contributed by atoms with Crippen LogP contribution in [0.1, 0.15) is 10.4 Å². The zero-order valence-electron chi connectivity index (χ0n) is 13.4. The third kappa shape index (κ3) is 4.28. The summed E-state index contributed by atoms with van der Waals surface area (Å²) in [5.74, 6) is -0.294. The lowest BCUT2D eigenvalue weighted by Gasteiger charge is -2.13. The second-order valence-corrected chi connectivity index (χ2v) is 6.61. The molecule has 1 aliphatic heterocycles. The average Bonchev–Trinajstić information content (AvgIpc) is 3.19. The second-order valence-electron chi connectivity index (χ2n) is 5.62. The minimum atomic E-state index is -0.880. The minimum Gasteiger partial charge on any atom is -0.489 e. The number of thiophene rings is 1. The third-order valence-corrected chi connectivity index (χ3v) is 4.66. The summed E-state index contributed by atoms with van der Waals surface area (Å²) >= 11 is 1.33. The van der Waals surface area contributed by atoms with Crippen molar-refractivity contribution in [2.45, 2.75) is 19.1 Å². The number of nitrogens with zero attached hydrogens (tertiary/aromatic N) is 1. The van der Waals surface area contributed by atoms with Gasteiger partial charge in [0, 0.05) is 22.5 Å². The molecular formula is C17H18N2O5S.